The predicted octanol–water partition coefficient (Wildman–Crippen LogP) is 0.736. The number of carbonyl (C=O) groups excluding carboxylic acids is 1. The van der Waals surface area contributed by atoms with E-state index in [-0.39, 0.29) is 17.9 Å². The van der Waals surface area contributed by atoms with Crippen LogP contribution in [0.1, 0.15) is 38.5 Å². The van der Waals surface area contributed by atoms with Crippen LogP contribution in [-0.4, -0.2) is 42.2 Å². The molecule has 0 unspecified atom stereocenters. The summed E-state index contributed by atoms with van der Waals surface area (Å²) in [7, 11) is 0. The second-order valence-corrected chi connectivity index (χ2v) is 5.61. The molecule has 0 aromatic rings. The van der Waals surface area contributed by atoms with Crippen LogP contribution in [0.15, 0.2) is 0 Å². The minimum atomic E-state index is -0.258. The fourth-order valence-corrected chi connectivity index (χ4v) is 3.21. The number of rotatable bonds is 3. The summed E-state index contributed by atoms with van der Waals surface area (Å²) in [5.41, 5.74) is 5.58. The van der Waals surface area contributed by atoms with Gasteiger partial charge in [-0.15, -0.1) is 0 Å². The van der Waals surface area contributed by atoms with Crippen molar-refractivity contribution in [3.63, 3.8) is 0 Å². The highest BCUT2D eigenvalue weighted by molar-refractivity contribution is 5.83. The Labute approximate surface area is 103 Å². The van der Waals surface area contributed by atoms with Crippen LogP contribution in [0, 0.1) is 11.3 Å². The molecule has 0 radical (unpaired) electrons. The number of aliphatic hydroxyl groups excluding tert-OH is 1. The smallest absolute Gasteiger partial charge is 0.230 e. The number of likely N-dealkylation sites (tertiary alicyclic amines) is 1. The number of aliphatic hydroxyl groups is 1. The molecule has 0 bridgehead atoms. The summed E-state index contributed by atoms with van der Waals surface area (Å²) in [6.07, 6.45) is 6.06. The molecule has 3 N–H and O–H groups in total. The maximum atomic E-state index is 12.5. The SMILES string of the molecule is NCC1(C(=O)N2CCC(CO)CC2)CCCC1. The van der Waals surface area contributed by atoms with E-state index in [1.807, 2.05) is 4.90 Å². The first-order valence-electron chi connectivity index (χ1n) is 6.82. The summed E-state index contributed by atoms with van der Waals surface area (Å²) in [5, 5.41) is 9.10. The van der Waals surface area contributed by atoms with Crippen LogP contribution >= 0.6 is 0 Å². The summed E-state index contributed by atoms with van der Waals surface area (Å²) in [4.78, 5) is 14.5. The second-order valence-electron chi connectivity index (χ2n) is 5.61. The third-order valence-corrected chi connectivity index (χ3v) is 4.57. The molecule has 0 atom stereocenters. The predicted molar refractivity (Wildman–Crippen MR) is 66.3 cm³/mol. The molecule has 1 aliphatic carbocycles. The molecule has 2 fully saturated rings. The van der Waals surface area contributed by atoms with Gasteiger partial charge in [-0.05, 0) is 31.6 Å². The Kier molecular flexibility index (Phi) is 4.05. The quantitative estimate of drug-likeness (QED) is 0.764. The van der Waals surface area contributed by atoms with Gasteiger partial charge in [0, 0.05) is 26.2 Å². The van der Waals surface area contributed by atoms with Crippen LogP contribution in [0.3, 0.4) is 0 Å². The standard InChI is InChI=1S/C13H24N2O2/c14-10-13(5-1-2-6-13)12(17)15-7-3-11(9-16)4-8-15/h11,16H,1-10,14H2. The molecule has 2 aliphatic rings. The minimum absolute atomic E-state index is 0.254. The van der Waals surface area contributed by atoms with E-state index >= 15 is 0 Å². The fourth-order valence-electron chi connectivity index (χ4n) is 3.21. The lowest BCUT2D eigenvalue weighted by Gasteiger charge is -2.37. The van der Waals surface area contributed by atoms with E-state index in [0.717, 1.165) is 51.6 Å². The Balaban J connectivity index is 1.96. The summed E-state index contributed by atoms with van der Waals surface area (Å²) in [6, 6.07) is 0. The summed E-state index contributed by atoms with van der Waals surface area (Å²) >= 11 is 0. The van der Waals surface area contributed by atoms with Gasteiger partial charge in [0.25, 0.3) is 0 Å². The zero-order valence-electron chi connectivity index (χ0n) is 10.5. The van der Waals surface area contributed by atoms with Crippen LogP contribution in [0.2, 0.25) is 0 Å². The Bertz CT molecular complexity index is 267. The molecule has 17 heavy (non-hydrogen) atoms. The van der Waals surface area contributed by atoms with E-state index < -0.39 is 0 Å². The van der Waals surface area contributed by atoms with E-state index in [4.69, 9.17) is 10.8 Å². The van der Waals surface area contributed by atoms with Gasteiger partial charge in [0.05, 0.1) is 5.41 Å². The summed E-state index contributed by atoms with van der Waals surface area (Å²) in [5.74, 6) is 0.658. The molecular formula is C13H24N2O2. The van der Waals surface area contributed by atoms with Gasteiger partial charge in [-0.1, -0.05) is 12.8 Å². The van der Waals surface area contributed by atoms with Crippen molar-refractivity contribution in [3.05, 3.63) is 0 Å². The second kappa shape index (κ2) is 5.36. The number of carbonyl (C=O) groups is 1. The summed E-state index contributed by atoms with van der Waals surface area (Å²) in [6.45, 7) is 2.34. The number of nitrogens with two attached hydrogens (primary N) is 1. The molecule has 1 saturated carbocycles. The lowest BCUT2D eigenvalue weighted by molar-refractivity contribution is -0.143. The first kappa shape index (κ1) is 12.8. The van der Waals surface area contributed by atoms with Gasteiger partial charge in [0.2, 0.25) is 5.91 Å². The number of hydrogen-bond donors (Lipinski definition) is 2. The molecule has 4 heteroatoms. The monoisotopic (exact) mass is 240 g/mol. The first-order chi connectivity index (χ1) is 8.22. The van der Waals surface area contributed by atoms with Crippen LogP contribution in [0.5, 0.6) is 0 Å². The topological polar surface area (TPSA) is 66.6 Å². The highest BCUT2D eigenvalue weighted by atomic mass is 16.3. The third-order valence-electron chi connectivity index (χ3n) is 4.57. The third kappa shape index (κ3) is 2.47. The molecule has 4 nitrogen and oxygen atoms in total. The van der Waals surface area contributed by atoms with Crippen molar-refractivity contribution < 1.29 is 9.90 Å². The van der Waals surface area contributed by atoms with Crippen LogP contribution in [-0.2, 0) is 4.79 Å². The van der Waals surface area contributed by atoms with Gasteiger partial charge in [-0.3, -0.25) is 4.79 Å². The summed E-state index contributed by atoms with van der Waals surface area (Å²) < 4.78 is 0. The van der Waals surface area contributed by atoms with Crippen molar-refractivity contribution in [1.29, 1.82) is 0 Å². The Morgan fingerprint density at radius 1 is 1.29 bits per heavy atom. The molecule has 0 spiro atoms. The molecule has 1 heterocycles. The Morgan fingerprint density at radius 3 is 2.35 bits per heavy atom. The number of nitrogens with zero attached hydrogens (tertiary/aromatic N) is 1. The minimum Gasteiger partial charge on any atom is -0.396 e. The molecular weight excluding hydrogens is 216 g/mol. The van der Waals surface area contributed by atoms with E-state index in [1.165, 1.54) is 0 Å². The zero-order valence-corrected chi connectivity index (χ0v) is 10.5. The highest BCUT2D eigenvalue weighted by Crippen LogP contribution is 2.39. The highest BCUT2D eigenvalue weighted by Gasteiger charge is 2.42. The molecule has 0 aromatic carbocycles. The fraction of sp³-hybridized carbons (Fsp3) is 0.923. The zero-order chi connectivity index (χ0) is 12.3. The van der Waals surface area contributed by atoms with Gasteiger partial charge >= 0.3 is 0 Å². The Morgan fingerprint density at radius 2 is 1.88 bits per heavy atom. The van der Waals surface area contributed by atoms with E-state index in [9.17, 15) is 4.79 Å². The van der Waals surface area contributed by atoms with Crippen molar-refractivity contribution in [2.75, 3.05) is 26.2 Å². The van der Waals surface area contributed by atoms with Crippen LogP contribution in [0.4, 0.5) is 0 Å². The number of amides is 1. The van der Waals surface area contributed by atoms with E-state index in [2.05, 4.69) is 0 Å². The average Bonchev–Trinajstić information content (AvgIpc) is 2.88. The number of hydrogen-bond acceptors (Lipinski definition) is 3. The lowest BCUT2D eigenvalue weighted by atomic mass is 9.83. The van der Waals surface area contributed by atoms with E-state index in [0.29, 0.717) is 12.5 Å². The van der Waals surface area contributed by atoms with Crippen molar-refractivity contribution in [1.82, 2.24) is 4.90 Å². The largest absolute Gasteiger partial charge is 0.396 e. The molecule has 1 saturated heterocycles. The Hall–Kier alpha value is -0.610. The van der Waals surface area contributed by atoms with Crippen molar-refractivity contribution in [2.45, 2.75) is 38.5 Å². The lowest BCUT2D eigenvalue weighted by Crippen LogP contribution is -2.49. The number of piperidine rings is 1. The molecule has 98 valence electrons. The molecule has 2 rings (SSSR count). The van der Waals surface area contributed by atoms with Gasteiger partial charge in [-0.25, -0.2) is 0 Å². The van der Waals surface area contributed by atoms with Gasteiger partial charge in [0.1, 0.15) is 0 Å². The van der Waals surface area contributed by atoms with Gasteiger partial charge in [0.15, 0.2) is 0 Å². The van der Waals surface area contributed by atoms with Crippen molar-refractivity contribution in [3.8, 4) is 0 Å². The molecule has 0 aromatic heterocycles. The maximum absolute atomic E-state index is 12.5. The maximum Gasteiger partial charge on any atom is 0.230 e. The molecule has 1 amide bonds. The van der Waals surface area contributed by atoms with Gasteiger partial charge < -0.3 is 15.7 Å². The first-order valence-corrected chi connectivity index (χ1v) is 6.82. The van der Waals surface area contributed by atoms with Crippen molar-refractivity contribution >= 4 is 5.91 Å². The normalized spacial score (nSPS) is 25.2. The van der Waals surface area contributed by atoms with Gasteiger partial charge in [-0.2, -0.15) is 0 Å². The molecule has 1 aliphatic heterocycles. The average molecular weight is 240 g/mol. The van der Waals surface area contributed by atoms with Crippen LogP contribution in [0.25, 0.3) is 0 Å². The van der Waals surface area contributed by atoms with Crippen LogP contribution < -0.4 is 5.73 Å². The van der Waals surface area contributed by atoms with Crippen molar-refractivity contribution in [2.24, 2.45) is 17.1 Å². The van der Waals surface area contributed by atoms with E-state index in [1.54, 1.807) is 0 Å².